The van der Waals surface area contributed by atoms with Crippen LogP contribution >= 0.6 is 23.1 Å². The van der Waals surface area contributed by atoms with Crippen LogP contribution in [0.4, 0.5) is 15.6 Å². The van der Waals surface area contributed by atoms with Gasteiger partial charge in [-0.3, -0.25) is 19.5 Å². The molecule has 3 amide bonds. The van der Waals surface area contributed by atoms with Gasteiger partial charge in [-0.25, -0.2) is 9.78 Å². The van der Waals surface area contributed by atoms with Crippen LogP contribution < -0.4 is 10.6 Å². The Labute approximate surface area is 256 Å². The van der Waals surface area contributed by atoms with E-state index in [9.17, 15) is 14.4 Å². The van der Waals surface area contributed by atoms with Crippen molar-refractivity contribution in [2.24, 2.45) is 0 Å². The van der Waals surface area contributed by atoms with Gasteiger partial charge in [0.05, 0.1) is 22.4 Å². The summed E-state index contributed by atoms with van der Waals surface area (Å²) in [7, 11) is 0. The quantitative estimate of drug-likeness (QED) is 0.273. The van der Waals surface area contributed by atoms with Crippen molar-refractivity contribution in [1.82, 2.24) is 14.9 Å². The van der Waals surface area contributed by atoms with E-state index in [2.05, 4.69) is 20.6 Å². The molecule has 10 nitrogen and oxygen atoms in total. The van der Waals surface area contributed by atoms with Crippen molar-refractivity contribution in [2.75, 3.05) is 29.6 Å². The number of pyridine rings is 1. The van der Waals surface area contributed by atoms with E-state index in [-0.39, 0.29) is 18.4 Å². The zero-order chi connectivity index (χ0) is 29.6. The number of amides is 3. The summed E-state index contributed by atoms with van der Waals surface area (Å²) in [5.41, 5.74) is 3.46. The number of anilines is 2. The highest BCUT2D eigenvalue weighted by atomic mass is 32.2. The summed E-state index contributed by atoms with van der Waals surface area (Å²) in [6.07, 6.45) is 3.96. The highest BCUT2D eigenvalue weighted by molar-refractivity contribution is 8.01. The molecule has 0 radical (unpaired) electrons. The molecule has 2 N–H and O–H groups in total. The van der Waals surface area contributed by atoms with Crippen LogP contribution in [0.3, 0.4) is 0 Å². The van der Waals surface area contributed by atoms with Gasteiger partial charge in [-0.15, -0.1) is 23.1 Å². The number of aromatic nitrogens is 2. The van der Waals surface area contributed by atoms with Crippen molar-refractivity contribution in [3.8, 4) is 11.3 Å². The normalized spacial score (nSPS) is 17.4. The van der Waals surface area contributed by atoms with Gasteiger partial charge in [0, 0.05) is 54.5 Å². The number of hydrogen-bond donors (Lipinski definition) is 2. The van der Waals surface area contributed by atoms with Crippen molar-refractivity contribution >= 4 is 51.8 Å². The molecular formula is C31H29N5O5S2. The van der Waals surface area contributed by atoms with Gasteiger partial charge >= 0.3 is 6.09 Å². The van der Waals surface area contributed by atoms with E-state index in [0.717, 1.165) is 11.1 Å². The highest BCUT2D eigenvalue weighted by Gasteiger charge is 2.53. The first-order valence-corrected chi connectivity index (χ1v) is 15.7. The lowest BCUT2D eigenvalue weighted by atomic mass is 10.0. The van der Waals surface area contributed by atoms with Crippen LogP contribution in [0.15, 0.2) is 84.5 Å². The molecule has 12 heteroatoms. The molecule has 4 heterocycles. The van der Waals surface area contributed by atoms with E-state index in [1.165, 1.54) is 11.3 Å². The number of carbonyl (C=O) groups is 3. The summed E-state index contributed by atoms with van der Waals surface area (Å²) in [6.45, 7) is 1.16. The summed E-state index contributed by atoms with van der Waals surface area (Å²) in [5.74, 6) is -0.0993. The Kier molecular flexibility index (Phi) is 8.68. The lowest BCUT2D eigenvalue weighted by Gasteiger charge is -2.41. The first kappa shape index (κ1) is 28.8. The number of nitrogens with zero attached hydrogens (tertiary/aromatic N) is 3. The van der Waals surface area contributed by atoms with E-state index in [4.69, 9.17) is 9.47 Å². The maximum atomic E-state index is 13.6. The summed E-state index contributed by atoms with van der Waals surface area (Å²) < 4.78 is 11.3. The molecular weight excluding hydrogens is 587 g/mol. The highest BCUT2D eigenvalue weighted by Crippen LogP contribution is 2.47. The molecule has 2 aromatic heterocycles. The fourth-order valence-electron chi connectivity index (χ4n) is 5.10. The molecule has 2 aliphatic heterocycles. The second-order valence-electron chi connectivity index (χ2n) is 10.1. The van der Waals surface area contributed by atoms with E-state index in [1.54, 1.807) is 53.3 Å². The maximum Gasteiger partial charge on any atom is 0.411 e. The molecule has 0 unspecified atom stereocenters. The van der Waals surface area contributed by atoms with Crippen LogP contribution in [0.5, 0.6) is 0 Å². The molecule has 2 saturated heterocycles. The molecule has 6 rings (SSSR count). The Balaban J connectivity index is 1.12. The Morgan fingerprint density at radius 3 is 2.53 bits per heavy atom. The lowest BCUT2D eigenvalue weighted by Crippen LogP contribution is -2.55. The van der Waals surface area contributed by atoms with E-state index < -0.39 is 17.0 Å². The van der Waals surface area contributed by atoms with Gasteiger partial charge in [0.25, 0.3) is 5.91 Å². The van der Waals surface area contributed by atoms with Crippen LogP contribution in [0.25, 0.3) is 11.3 Å². The van der Waals surface area contributed by atoms with Crippen LogP contribution in [-0.2, 0) is 20.9 Å². The molecule has 1 atom stereocenters. The van der Waals surface area contributed by atoms with Crippen LogP contribution in [-0.4, -0.2) is 62.7 Å². The second kappa shape index (κ2) is 12.9. The van der Waals surface area contributed by atoms with Crippen LogP contribution in [0, 0.1) is 0 Å². The SMILES string of the molecule is O=C(Nc1cccnc1)c1ccc(-c2csc(NC(=O)[C@@H]3CSC4(CCOCC4)N3C(=O)OCc3ccccc3)n2)cc1. The Bertz CT molecular complexity index is 1580. The number of ether oxygens (including phenoxy) is 2. The number of rotatable bonds is 7. The van der Waals surface area contributed by atoms with Crippen molar-refractivity contribution in [3.63, 3.8) is 0 Å². The van der Waals surface area contributed by atoms with E-state index >= 15 is 0 Å². The second-order valence-corrected chi connectivity index (χ2v) is 12.3. The Morgan fingerprint density at radius 2 is 1.79 bits per heavy atom. The number of carbonyl (C=O) groups excluding carboxylic acids is 3. The molecule has 2 fully saturated rings. The van der Waals surface area contributed by atoms with Gasteiger partial charge in [-0.1, -0.05) is 42.5 Å². The molecule has 2 aromatic carbocycles. The number of thioether (sulfide) groups is 1. The van der Waals surface area contributed by atoms with Crippen molar-refractivity contribution < 1.29 is 23.9 Å². The number of hydrogen-bond acceptors (Lipinski definition) is 9. The smallest absolute Gasteiger partial charge is 0.411 e. The lowest BCUT2D eigenvalue weighted by molar-refractivity contribution is -0.121. The van der Waals surface area contributed by atoms with Gasteiger partial charge in [-0.2, -0.15) is 0 Å². The molecule has 220 valence electrons. The van der Waals surface area contributed by atoms with Gasteiger partial charge < -0.3 is 20.1 Å². The largest absolute Gasteiger partial charge is 0.444 e. The van der Waals surface area contributed by atoms with Gasteiger partial charge in [0.2, 0.25) is 5.91 Å². The first-order valence-electron chi connectivity index (χ1n) is 13.8. The predicted octanol–water partition coefficient (Wildman–Crippen LogP) is 5.66. The summed E-state index contributed by atoms with van der Waals surface area (Å²) in [5, 5.41) is 7.99. The standard InChI is InChI=1S/C31H29N5O5S2/c37-27(33-24-7-4-14-32-17-24)23-10-8-22(9-11-23)25-19-42-29(34-25)35-28(38)26-20-43-31(12-15-40-16-13-31)36(26)30(39)41-18-21-5-2-1-3-6-21/h1-11,14,17,19,26H,12-13,15-16,18,20H2,(H,33,37)(H,34,35,38)/t26-/m0/s1. The third-order valence-corrected chi connectivity index (χ3v) is 9.72. The summed E-state index contributed by atoms with van der Waals surface area (Å²) in [6, 6.07) is 19.4. The maximum absolute atomic E-state index is 13.6. The van der Waals surface area contributed by atoms with E-state index in [1.807, 2.05) is 47.8 Å². The number of thiazole rings is 1. The molecule has 43 heavy (non-hydrogen) atoms. The molecule has 0 aliphatic carbocycles. The Morgan fingerprint density at radius 1 is 1.00 bits per heavy atom. The topological polar surface area (TPSA) is 123 Å². The minimum Gasteiger partial charge on any atom is -0.444 e. The molecule has 2 aliphatic rings. The van der Waals surface area contributed by atoms with Crippen molar-refractivity contribution in [1.29, 1.82) is 0 Å². The fraction of sp³-hybridized carbons (Fsp3) is 0.258. The molecule has 4 aromatic rings. The van der Waals surface area contributed by atoms with Gasteiger partial charge in [0.15, 0.2) is 5.13 Å². The van der Waals surface area contributed by atoms with Gasteiger partial charge in [0.1, 0.15) is 12.6 Å². The minimum atomic E-state index is -0.712. The average Bonchev–Trinajstić information content (AvgIpc) is 3.66. The first-order chi connectivity index (χ1) is 21.0. The molecule has 1 spiro atoms. The van der Waals surface area contributed by atoms with Gasteiger partial charge in [-0.05, 0) is 29.8 Å². The average molecular weight is 616 g/mol. The Hall–Kier alpha value is -4.26. The zero-order valence-electron chi connectivity index (χ0n) is 23.1. The third-order valence-electron chi connectivity index (χ3n) is 7.34. The van der Waals surface area contributed by atoms with E-state index in [0.29, 0.717) is 53.9 Å². The number of nitrogens with one attached hydrogen (secondary N) is 2. The predicted molar refractivity (Wildman–Crippen MR) is 166 cm³/mol. The van der Waals surface area contributed by atoms with Crippen LogP contribution in [0.2, 0.25) is 0 Å². The molecule has 0 bridgehead atoms. The zero-order valence-corrected chi connectivity index (χ0v) is 24.7. The summed E-state index contributed by atoms with van der Waals surface area (Å²) >= 11 is 2.91. The minimum absolute atomic E-state index is 0.126. The third kappa shape index (κ3) is 6.56. The molecule has 0 saturated carbocycles. The summed E-state index contributed by atoms with van der Waals surface area (Å²) in [4.78, 5) is 49.2. The number of benzene rings is 2. The van der Waals surface area contributed by atoms with Crippen molar-refractivity contribution in [2.45, 2.75) is 30.4 Å². The fourth-order valence-corrected chi connectivity index (χ4v) is 7.39. The van der Waals surface area contributed by atoms with Crippen molar-refractivity contribution in [3.05, 3.63) is 95.6 Å². The van der Waals surface area contributed by atoms with Crippen LogP contribution in [0.1, 0.15) is 28.8 Å². The monoisotopic (exact) mass is 615 g/mol.